The van der Waals surface area contributed by atoms with E-state index in [4.69, 9.17) is 0 Å². The lowest BCUT2D eigenvalue weighted by molar-refractivity contribution is 0.0284. The molecule has 2 aromatic carbocycles. The first-order valence-electron chi connectivity index (χ1n) is 13.5. The Balaban J connectivity index is 1.10. The zero-order valence-electron chi connectivity index (χ0n) is 21.1. The summed E-state index contributed by atoms with van der Waals surface area (Å²) in [6.45, 7) is 8.79. The molecule has 0 spiro atoms. The number of rotatable bonds is 7. The third kappa shape index (κ3) is 4.38. The van der Waals surface area contributed by atoms with Crippen molar-refractivity contribution in [3.05, 3.63) is 76.4 Å². The number of piperidine rings is 1. The first-order valence-corrected chi connectivity index (χ1v) is 13.5. The van der Waals surface area contributed by atoms with Crippen molar-refractivity contribution >= 4 is 17.7 Å². The van der Waals surface area contributed by atoms with Crippen molar-refractivity contribution in [3.63, 3.8) is 0 Å². The molecule has 4 aliphatic rings. The number of likely N-dealkylation sites (tertiary alicyclic amines) is 1. The predicted molar refractivity (Wildman–Crippen MR) is 143 cm³/mol. The number of allylic oxidation sites excluding steroid dienone is 1. The molecule has 182 valence electrons. The summed E-state index contributed by atoms with van der Waals surface area (Å²) < 4.78 is 0. The molecule has 35 heavy (non-hydrogen) atoms. The van der Waals surface area contributed by atoms with Crippen LogP contribution in [0.15, 0.2) is 53.5 Å². The van der Waals surface area contributed by atoms with Crippen molar-refractivity contribution in [1.82, 2.24) is 10.2 Å². The lowest BCUT2D eigenvalue weighted by atomic mass is 9.59. The second kappa shape index (κ2) is 9.05. The molecule has 1 amide bonds. The molecule has 1 N–H and O–H groups in total. The molecule has 2 aliphatic carbocycles. The highest BCUT2D eigenvalue weighted by Gasteiger charge is 2.49. The van der Waals surface area contributed by atoms with E-state index in [1.54, 1.807) is 0 Å². The van der Waals surface area contributed by atoms with Crippen LogP contribution in [0.25, 0.3) is 5.57 Å². The molecule has 6 rings (SSSR count). The molecule has 0 radical (unpaired) electrons. The fourth-order valence-corrected chi connectivity index (χ4v) is 6.54. The zero-order chi connectivity index (χ0) is 24.0. The second-order valence-corrected chi connectivity index (χ2v) is 11.4. The monoisotopic (exact) mass is 467 g/mol. The number of hydrogen-bond acceptors (Lipinski definition) is 3. The Bertz CT molecular complexity index is 1180. The summed E-state index contributed by atoms with van der Waals surface area (Å²) in [5, 5.41) is 3.16. The van der Waals surface area contributed by atoms with Crippen LogP contribution in [0.4, 0.5) is 0 Å². The minimum absolute atomic E-state index is 0.0429. The van der Waals surface area contributed by atoms with Crippen molar-refractivity contribution in [2.45, 2.75) is 57.4 Å². The van der Waals surface area contributed by atoms with Gasteiger partial charge in [-0.05, 0) is 95.9 Å². The van der Waals surface area contributed by atoms with E-state index in [1.807, 2.05) is 12.3 Å². The zero-order valence-corrected chi connectivity index (χ0v) is 21.1. The van der Waals surface area contributed by atoms with Crippen LogP contribution in [0, 0.1) is 11.8 Å². The highest BCUT2D eigenvalue weighted by atomic mass is 16.1. The molecule has 2 heterocycles. The molecule has 0 aromatic heterocycles. The molecule has 2 aromatic rings. The second-order valence-electron chi connectivity index (χ2n) is 11.4. The van der Waals surface area contributed by atoms with Gasteiger partial charge >= 0.3 is 0 Å². The van der Waals surface area contributed by atoms with Crippen LogP contribution < -0.4 is 5.32 Å². The Kier molecular flexibility index (Phi) is 5.88. The van der Waals surface area contributed by atoms with Gasteiger partial charge in [0.05, 0.1) is 6.54 Å². The highest BCUT2D eigenvalue weighted by Crippen LogP contribution is 2.49. The van der Waals surface area contributed by atoms with Crippen LogP contribution in [0.5, 0.6) is 0 Å². The Morgan fingerprint density at radius 3 is 2.74 bits per heavy atom. The third-order valence-electron chi connectivity index (χ3n) is 9.21. The SMILES string of the molecule is CC1C2Cc3ccc(C(=O)NCCc4ccc(C5=CCN=C5)cc4)cc3[C@@]1(C)CCN2CC1CC1. The maximum absolute atomic E-state index is 13.0. The minimum Gasteiger partial charge on any atom is -0.352 e. The number of amides is 1. The fraction of sp³-hybridized carbons (Fsp3) is 0.484. The third-order valence-corrected chi connectivity index (χ3v) is 9.21. The quantitative estimate of drug-likeness (QED) is 0.619. The topological polar surface area (TPSA) is 44.7 Å². The fourth-order valence-electron chi connectivity index (χ4n) is 6.54. The molecule has 2 bridgehead atoms. The first kappa shape index (κ1) is 22.7. The number of nitrogens with one attached hydrogen (secondary N) is 1. The first-order chi connectivity index (χ1) is 17.0. The summed E-state index contributed by atoms with van der Waals surface area (Å²) in [6.07, 6.45) is 10.1. The van der Waals surface area contributed by atoms with Gasteiger partial charge < -0.3 is 5.32 Å². The van der Waals surface area contributed by atoms with Gasteiger partial charge in [-0.1, -0.05) is 50.3 Å². The van der Waals surface area contributed by atoms with Crippen LogP contribution in [-0.2, 0) is 18.3 Å². The van der Waals surface area contributed by atoms with Crippen LogP contribution >= 0.6 is 0 Å². The summed E-state index contributed by atoms with van der Waals surface area (Å²) in [7, 11) is 0. The standard InChI is InChI=1S/C31H37N3O/c1-21-29-18-25-9-10-26(17-28(25)31(21,2)13-16-34(29)20-23-3-4-23)30(35)33-15-11-22-5-7-24(8-6-22)27-12-14-32-19-27/h5-10,12,17,19,21,23,29H,3-4,11,13-16,18,20H2,1-2H3,(H,33,35)/t21?,29?,31-/m0/s1. The number of nitrogens with zero attached hydrogens (tertiary/aromatic N) is 2. The lowest BCUT2D eigenvalue weighted by Crippen LogP contribution is -2.58. The van der Waals surface area contributed by atoms with E-state index >= 15 is 0 Å². The highest BCUT2D eigenvalue weighted by molar-refractivity contribution is 6.11. The Hall–Kier alpha value is -2.72. The molecular formula is C31H37N3O. The van der Waals surface area contributed by atoms with Crippen molar-refractivity contribution in [2.24, 2.45) is 16.8 Å². The van der Waals surface area contributed by atoms with Crippen LogP contribution in [0.1, 0.15) is 65.7 Å². The largest absolute Gasteiger partial charge is 0.352 e. The lowest BCUT2D eigenvalue weighted by Gasteiger charge is -2.55. The van der Waals surface area contributed by atoms with Gasteiger partial charge in [0.25, 0.3) is 5.91 Å². The van der Waals surface area contributed by atoms with E-state index < -0.39 is 0 Å². The van der Waals surface area contributed by atoms with Gasteiger partial charge in [0, 0.05) is 30.9 Å². The van der Waals surface area contributed by atoms with E-state index in [-0.39, 0.29) is 11.3 Å². The van der Waals surface area contributed by atoms with Gasteiger partial charge in [-0.15, -0.1) is 0 Å². The summed E-state index contributed by atoms with van der Waals surface area (Å²) in [4.78, 5) is 20.1. The normalized spacial score (nSPS) is 27.4. The maximum atomic E-state index is 13.0. The smallest absolute Gasteiger partial charge is 0.251 e. The molecule has 4 heteroatoms. The molecule has 2 fully saturated rings. The van der Waals surface area contributed by atoms with E-state index in [0.29, 0.717) is 18.5 Å². The van der Waals surface area contributed by atoms with Crippen LogP contribution in [0.2, 0.25) is 0 Å². The van der Waals surface area contributed by atoms with E-state index in [0.717, 1.165) is 30.9 Å². The van der Waals surface area contributed by atoms with Crippen molar-refractivity contribution in [1.29, 1.82) is 0 Å². The average molecular weight is 468 g/mol. The van der Waals surface area contributed by atoms with Crippen molar-refractivity contribution in [2.75, 3.05) is 26.2 Å². The Morgan fingerprint density at radius 2 is 2.00 bits per heavy atom. The summed E-state index contributed by atoms with van der Waals surface area (Å²) in [6, 6.07) is 15.7. The van der Waals surface area contributed by atoms with Crippen LogP contribution in [0.3, 0.4) is 0 Å². The average Bonchev–Trinajstić information content (AvgIpc) is 3.52. The van der Waals surface area contributed by atoms with Gasteiger partial charge in [0.2, 0.25) is 0 Å². The number of fused-ring (bicyclic) bond motifs is 4. The summed E-state index contributed by atoms with van der Waals surface area (Å²) in [5.41, 5.74) is 7.47. The Labute approximate surface area is 209 Å². The van der Waals surface area contributed by atoms with E-state index in [1.165, 1.54) is 60.2 Å². The molecule has 1 saturated heterocycles. The summed E-state index contributed by atoms with van der Waals surface area (Å²) in [5.74, 6) is 1.60. The number of benzene rings is 2. The number of carbonyl (C=O) groups excluding carboxylic acids is 1. The van der Waals surface area contributed by atoms with Crippen molar-refractivity contribution < 1.29 is 4.79 Å². The predicted octanol–water partition coefficient (Wildman–Crippen LogP) is 5.06. The molecule has 4 nitrogen and oxygen atoms in total. The van der Waals surface area contributed by atoms with Crippen molar-refractivity contribution in [3.8, 4) is 0 Å². The van der Waals surface area contributed by atoms with E-state index in [9.17, 15) is 4.79 Å². The molecular weight excluding hydrogens is 430 g/mol. The van der Waals surface area contributed by atoms with Gasteiger partial charge in [-0.25, -0.2) is 0 Å². The molecule has 2 aliphatic heterocycles. The number of carbonyl (C=O) groups is 1. The van der Waals surface area contributed by atoms with Gasteiger partial charge in [-0.3, -0.25) is 14.7 Å². The summed E-state index contributed by atoms with van der Waals surface area (Å²) >= 11 is 0. The molecule has 3 atom stereocenters. The molecule has 2 unspecified atom stereocenters. The van der Waals surface area contributed by atoms with Gasteiger partial charge in [-0.2, -0.15) is 0 Å². The number of aliphatic imine (C=N–C) groups is 1. The minimum atomic E-state index is 0.0429. The van der Waals surface area contributed by atoms with Gasteiger partial charge in [0.1, 0.15) is 0 Å². The van der Waals surface area contributed by atoms with E-state index in [2.05, 4.69) is 71.5 Å². The van der Waals surface area contributed by atoms with Gasteiger partial charge in [0.15, 0.2) is 0 Å². The maximum Gasteiger partial charge on any atom is 0.251 e. The Morgan fingerprint density at radius 1 is 1.17 bits per heavy atom. The van der Waals surface area contributed by atoms with Crippen LogP contribution in [-0.4, -0.2) is 49.2 Å². The molecule has 1 saturated carbocycles. The number of hydrogen-bond donors (Lipinski definition) is 1.